The minimum atomic E-state index is -3.64. The van der Waals surface area contributed by atoms with Crippen molar-refractivity contribution in [2.24, 2.45) is 0 Å². The van der Waals surface area contributed by atoms with Crippen molar-refractivity contribution in [3.05, 3.63) is 39.1 Å². The van der Waals surface area contributed by atoms with Crippen molar-refractivity contribution in [2.45, 2.75) is 4.90 Å². The second-order valence-corrected chi connectivity index (χ2v) is 4.20. The van der Waals surface area contributed by atoms with Crippen LogP contribution in [0.1, 0.15) is 0 Å². The minimum absolute atomic E-state index is 0.0504. The highest BCUT2D eigenvalue weighted by Crippen LogP contribution is 2.18. The molecule has 1 aromatic rings. The number of hydrogen-bond acceptors (Lipinski definition) is 4. The molecule has 0 unspecified atom stereocenters. The first-order valence-corrected chi connectivity index (χ1v) is 5.02. The second-order valence-electron chi connectivity index (χ2n) is 2.41. The standard InChI is InChI=1S/C7H7N2O4S/c1-8-14(12,13)7-4-2-6(3-5-7)9(10)11/h2-5H,1H3/q-1. The third-order valence-electron chi connectivity index (χ3n) is 1.59. The summed E-state index contributed by atoms with van der Waals surface area (Å²) in [5.41, 5.74) is -0.153. The molecule has 0 fully saturated rings. The fourth-order valence-corrected chi connectivity index (χ4v) is 1.54. The normalized spacial score (nSPS) is 11.2. The van der Waals surface area contributed by atoms with Gasteiger partial charge >= 0.3 is 0 Å². The Morgan fingerprint density at radius 2 is 1.79 bits per heavy atom. The van der Waals surface area contributed by atoms with Crippen LogP contribution in [0.5, 0.6) is 0 Å². The predicted molar refractivity (Wildman–Crippen MR) is 49.6 cm³/mol. The molecular weight excluding hydrogens is 208 g/mol. The van der Waals surface area contributed by atoms with Gasteiger partial charge in [-0.25, -0.2) is 8.42 Å². The maximum Gasteiger partial charge on any atom is 0.269 e. The molecule has 0 spiro atoms. The van der Waals surface area contributed by atoms with Gasteiger partial charge in [0.15, 0.2) is 0 Å². The van der Waals surface area contributed by atoms with Crippen molar-refractivity contribution in [3.63, 3.8) is 0 Å². The highest BCUT2D eigenvalue weighted by atomic mass is 32.2. The Bertz CT molecular complexity index is 437. The summed E-state index contributed by atoms with van der Waals surface area (Å²) in [5, 5.41) is 10.3. The number of benzene rings is 1. The molecule has 0 bridgehead atoms. The summed E-state index contributed by atoms with van der Waals surface area (Å²) in [4.78, 5) is 9.62. The van der Waals surface area contributed by atoms with Crippen molar-refractivity contribution < 1.29 is 13.3 Å². The quantitative estimate of drug-likeness (QED) is 0.561. The summed E-state index contributed by atoms with van der Waals surface area (Å²) in [6, 6.07) is 4.55. The largest absolute Gasteiger partial charge is 0.547 e. The van der Waals surface area contributed by atoms with E-state index in [2.05, 4.69) is 4.72 Å². The van der Waals surface area contributed by atoms with E-state index in [9.17, 15) is 18.5 Å². The summed E-state index contributed by atoms with van der Waals surface area (Å²) < 4.78 is 25.5. The number of nitrogens with zero attached hydrogens (tertiary/aromatic N) is 2. The fraction of sp³-hybridized carbons (Fsp3) is 0.143. The Hall–Kier alpha value is -1.47. The Labute approximate surface area is 80.8 Å². The van der Waals surface area contributed by atoms with E-state index >= 15 is 0 Å². The lowest BCUT2D eigenvalue weighted by Gasteiger charge is -2.12. The molecule has 0 N–H and O–H groups in total. The molecule has 76 valence electrons. The minimum Gasteiger partial charge on any atom is -0.547 e. The molecule has 0 heterocycles. The number of rotatable bonds is 3. The van der Waals surface area contributed by atoms with Crippen LogP contribution in [0.25, 0.3) is 4.72 Å². The van der Waals surface area contributed by atoms with Gasteiger partial charge in [0.1, 0.15) is 10.0 Å². The lowest BCUT2D eigenvalue weighted by molar-refractivity contribution is -0.384. The van der Waals surface area contributed by atoms with Crippen LogP contribution >= 0.6 is 0 Å². The van der Waals surface area contributed by atoms with Crippen LogP contribution in [-0.2, 0) is 10.0 Å². The molecule has 0 radical (unpaired) electrons. The Balaban J connectivity index is 3.12. The molecule has 0 aliphatic heterocycles. The summed E-state index contributed by atoms with van der Waals surface area (Å²) in [6.07, 6.45) is 0. The summed E-state index contributed by atoms with van der Waals surface area (Å²) in [6.45, 7) is 0. The number of non-ortho nitro benzene ring substituents is 1. The molecule has 1 aromatic carbocycles. The van der Waals surface area contributed by atoms with E-state index < -0.39 is 14.9 Å². The lowest BCUT2D eigenvalue weighted by Crippen LogP contribution is -1.97. The number of sulfonamides is 1. The van der Waals surface area contributed by atoms with E-state index in [1.54, 1.807) is 0 Å². The smallest absolute Gasteiger partial charge is 0.269 e. The number of hydrogen-bond donors (Lipinski definition) is 0. The zero-order valence-corrected chi connectivity index (χ0v) is 8.06. The van der Waals surface area contributed by atoms with Crippen LogP contribution in [0, 0.1) is 10.1 Å². The van der Waals surface area contributed by atoms with Crippen LogP contribution in [0.4, 0.5) is 5.69 Å². The van der Waals surface area contributed by atoms with Gasteiger partial charge in [0.05, 0.1) is 4.92 Å². The van der Waals surface area contributed by atoms with E-state index in [1.165, 1.54) is 0 Å². The van der Waals surface area contributed by atoms with Gasteiger partial charge in [-0.05, 0) is 12.1 Å². The van der Waals surface area contributed by atoms with Crippen LogP contribution in [-0.4, -0.2) is 20.4 Å². The molecule has 0 aliphatic rings. The molecule has 0 saturated heterocycles. The summed E-state index contributed by atoms with van der Waals surface area (Å²) >= 11 is 0. The SMILES string of the molecule is C[N-]S(=O)(=O)c1ccc([N+](=O)[O-])cc1. The van der Waals surface area contributed by atoms with Crippen molar-refractivity contribution in [2.75, 3.05) is 7.05 Å². The van der Waals surface area contributed by atoms with Gasteiger partial charge in [0.2, 0.25) is 0 Å². The van der Waals surface area contributed by atoms with E-state index in [0.717, 1.165) is 31.3 Å². The highest BCUT2D eigenvalue weighted by molar-refractivity contribution is 7.94. The highest BCUT2D eigenvalue weighted by Gasteiger charge is 2.07. The van der Waals surface area contributed by atoms with E-state index in [0.29, 0.717) is 0 Å². The van der Waals surface area contributed by atoms with Gasteiger partial charge in [-0.15, -0.1) is 0 Å². The number of nitro groups is 1. The Morgan fingerprint density at radius 3 is 2.14 bits per heavy atom. The zero-order chi connectivity index (χ0) is 10.8. The molecule has 1 rings (SSSR count). The van der Waals surface area contributed by atoms with E-state index in [1.807, 2.05) is 0 Å². The molecule has 0 atom stereocenters. The summed E-state index contributed by atoms with van der Waals surface area (Å²) in [7, 11) is -2.49. The van der Waals surface area contributed by atoms with Gasteiger partial charge < -0.3 is 4.72 Å². The molecule has 0 aromatic heterocycles. The van der Waals surface area contributed by atoms with Crippen molar-refractivity contribution in [3.8, 4) is 0 Å². The van der Waals surface area contributed by atoms with Gasteiger partial charge in [0.25, 0.3) is 5.69 Å². The van der Waals surface area contributed by atoms with Gasteiger partial charge in [-0.1, -0.05) is 0 Å². The topological polar surface area (TPSA) is 91.4 Å². The van der Waals surface area contributed by atoms with E-state index in [4.69, 9.17) is 0 Å². The van der Waals surface area contributed by atoms with E-state index in [-0.39, 0.29) is 10.6 Å². The van der Waals surface area contributed by atoms with Crippen molar-refractivity contribution >= 4 is 15.7 Å². The van der Waals surface area contributed by atoms with Crippen LogP contribution in [0.2, 0.25) is 0 Å². The fourth-order valence-electron chi connectivity index (χ4n) is 0.845. The first-order chi connectivity index (χ1) is 6.47. The maximum absolute atomic E-state index is 11.1. The Kier molecular flexibility index (Phi) is 2.82. The second kappa shape index (κ2) is 3.72. The molecule has 7 heteroatoms. The monoisotopic (exact) mass is 215 g/mol. The maximum atomic E-state index is 11.1. The third-order valence-corrected chi connectivity index (χ3v) is 2.93. The van der Waals surface area contributed by atoms with Crippen LogP contribution in [0.3, 0.4) is 0 Å². The third kappa shape index (κ3) is 2.06. The zero-order valence-electron chi connectivity index (χ0n) is 7.25. The molecule has 0 saturated carbocycles. The van der Waals surface area contributed by atoms with Crippen LogP contribution in [0.15, 0.2) is 29.2 Å². The molecular formula is C7H7N2O4S-. The molecule has 0 aliphatic carbocycles. The van der Waals surface area contributed by atoms with Gasteiger partial charge in [-0.2, -0.15) is 7.05 Å². The average molecular weight is 215 g/mol. The number of nitro benzene ring substituents is 1. The lowest BCUT2D eigenvalue weighted by atomic mass is 10.3. The molecule has 6 nitrogen and oxygen atoms in total. The predicted octanol–water partition coefficient (Wildman–Crippen LogP) is 1.29. The molecule has 0 amide bonds. The van der Waals surface area contributed by atoms with Crippen molar-refractivity contribution in [1.29, 1.82) is 0 Å². The summed E-state index contributed by atoms with van der Waals surface area (Å²) in [5.74, 6) is 0. The van der Waals surface area contributed by atoms with Crippen molar-refractivity contribution in [1.82, 2.24) is 0 Å². The molecule has 14 heavy (non-hydrogen) atoms. The van der Waals surface area contributed by atoms with Gasteiger partial charge in [-0.3, -0.25) is 10.1 Å². The average Bonchev–Trinajstić information content (AvgIpc) is 2.18. The first-order valence-electron chi connectivity index (χ1n) is 3.58. The Morgan fingerprint density at radius 1 is 1.29 bits per heavy atom. The first kappa shape index (κ1) is 10.6. The van der Waals surface area contributed by atoms with Crippen LogP contribution < -0.4 is 0 Å². The van der Waals surface area contributed by atoms with Gasteiger partial charge in [0, 0.05) is 17.0 Å².